The van der Waals surface area contributed by atoms with Crippen LogP contribution in [0.1, 0.15) is 24.2 Å². The van der Waals surface area contributed by atoms with Crippen LogP contribution in [0.2, 0.25) is 0 Å². The van der Waals surface area contributed by atoms with Gasteiger partial charge in [0.2, 0.25) is 5.89 Å². The van der Waals surface area contributed by atoms with E-state index in [0.717, 1.165) is 18.5 Å². The van der Waals surface area contributed by atoms with Gasteiger partial charge < -0.3 is 15.0 Å². The fourth-order valence-corrected chi connectivity index (χ4v) is 1.74. The van der Waals surface area contributed by atoms with Gasteiger partial charge in [0.05, 0.1) is 6.61 Å². The predicted octanol–water partition coefficient (Wildman–Crippen LogP) is 2.02. The van der Waals surface area contributed by atoms with Crippen molar-refractivity contribution in [3.8, 4) is 0 Å². The van der Waals surface area contributed by atoms with Crippen LogP contribution in [0.3, 0.4) is 0 Å². The van der Waals surface area contributed by atoms with Crippen LogP contribution in [-0.4, -0.2) is 23.4 Å². The molecule has 0 saturated carbocycles. The van der Waals surface area contributed by atoms with Crippen LogP contribution in [0.5, 0.6) is 0 Å². The molecular formula is C14H19N3O2. The van der Waals surface area contributed by atoms with E-state index in [9.17, 15) is 0 Å². The molecule has 0 amide bonds. The third-order valence-electron chi connectivity index (χ3n) is 2.79. The molecule has 1 aromatic carbocycles. The van der Waals surface area contributed by atoms with Gasteiger partial charge in [0.1, 0.15) is 0 Å². The number of rotatable bonds is 7. The molecule has 102 valence electrons. The van der Waals surface area contributed by atoms with Crippen LogP contribution in [0.25, 0.3) is 0 Å². The van der Waals surface area contributed by atoms with Gasteiger partial charge >= 0.3 is 0 Å². The van der Waals surface area contributed by atoms with E-state index in [1.54, 1.807) is 0 Å². The molecule has 5 heteroatoms. The molecule has 5 nitrogen and oxygen atoms in total. The molecule has 0 aliphatic rings. The summed E-state index contributed by atoms with van der Waals surface area (Å²) < 4.78 is 10.5. The van der Waals surface area contributed by atoms with Gasteiger partial charge in [-0.3, -0.25) is 0 Å². The highest BCUT2D eigenvalue weighted by molar-refractivity contribution is 5.39. The van der Waals surface area contributed by atoms with E-state index in [4.69, 9.17) is 15.0 Å². The van der Waals surface area contributed by atoms with E-state index in [-0.39, 0.29) is 0 Å². The number of anilines is 1. The molecule has 2 aromatic rings. The van der Waals surface area contributed by atoms with Crippen molar-refractivity contribution >= 4 is 5.69 Å². The molecule has 19 heavy (non-hydrogen) atoms. The summed E-state index contributed by atoms with van der Waals surface area (Å²) in [6, 6.07) is 7.83. The van der Waals surface area contributed by atoms with E-state index in [2.05, 4.69) is 10.1 Å². The van der Waals surface area contributed by atoms with Crippen molar-refractivity contribution in [2.75, 3.05) is 18.9 Å². The Kier molecular flexibility index (Phi) is 4.92. The van der Waals surface area contributed by atoms with Crippen molar-refractivity contribution in [2.24, 2.45) is 0 Å². The lowest BCUT2D eigenvalue weighted by atomic mass is 10.1. The Bertz CT molecular complexity index is 494. The maximum atomic E-state index is 5.64. The summed E-state index contributed by atoms with van der Waals surface area (Å²) in [5.74, 6) is 1.38. The number of benzene rings is 1. The Labute approximate surface area is 112 Å². The van der Waals surface area contributed by atoms with Crippen LogP contribution < -0.4 is 5.73 Å². The normalized spacial score (nSPS) is 10.8. The standard InChI is InChI=1S/C14H19N3O2/c1-2-18-10-9-13-16-14(19-17-13)8-5-11-3-6-12(15)7-4-11/h3-4,6-7H,2,5,8-10,15H2,1H3. The van der Waals surface area contributed by atoms with Crippen LogP contribution in [0.15, 0.2) is 28.8 Å². The third kappa shape index (κ3) is 4.37. The van der Waals surface area contributed by atoms with Crippen molar-refractivity contribution < 1.29 is 9.26 Å². The fraction of sp³-hybridized carbons (Fsp3) is 0.429. The molecule has 0 bridgehead atoms. The van der Waals surface area contributed by atoms with E-state index >= 15 is 0 Å². The first kappa shape index (κ1) is 13.5. The molecule has 0 fully saturated rings. The molecular weight excluding hydrogens is 242 g/mol. The van der Waals surface area contributed by atoms with Crippen LogP contribution in [0, 0.1) is 0 Å². The molecule has 0 aliphatic heterocycles. The molecule has 0 saturated heterocycles. The molecule has 0 aliphatic carbocycles. The third-order valence-corrected chi connectivity index (χ3v) is 2.79. The zero-order valence-corrected chi connectivity index (χ0v) is 11.1. The largest absolute Gasteiger partial charge is 0.399 e. The lowest BCUT2D eigenvalue weighted by Crippen LogP contribution is -1.99. The maximum absolute atomic E-state index is 5.64. The second-order valence-corrected chi connectivity index (χ2v) is 4.29. The Morgan fingerprint density at radius 3 is 2.68 bits per heavy atom. The molecule has 0 spiro atoms. The van der Waals surface area contributed by atoms with Gasteiger partial charge in [-0.25, -0.2) is 0 Å². The van der Waals surface area contributed by atoms with E-state index in [0.29, 0.717) is 31.3 Å². The van der Waals surface area contributed by atoms with Gasteiger partial charge in [-0.1, -0.05) is 17.3 Å². The maximum Gasteiger partial charge on any atom is 0.226 e. The highest BCUT2D eigenvalue weighted by Crippen LogP contribution is 2.09. The van der Waals surface area contributed by atoms with Gasteiger partial charge in [0.25, 0.3) is 0 Å². The zero-order valence-electron chi connectivity index (χ0n) is 11.1. The topological polar surface area (TPSA) is 74.2 Å². The highest BCUT2D eigenvalue weighted by atomic mass is 16.5. The van der Waals surface area contributed by atoms with Crippen molar-refractivity contribution in [1.29, 1.82) is 0 Å². The van der Waals surface area contributed by atoms with Crippen LogP contribution >= 0.6 is 0 Å². The minimum absolute atomic E-state index is 0.632. The summed E-state index contributed by atoms with van der Waals surface area (Å²) in [6.45, 7) is 3.31. The van der Waals surface area contributed by atoms with E-state index in [1.807, 2.05) is 31.2 Å². The highest BCUT2D eigenvalue weighted by Gasteiger charge is 2.06. The monoisotopic (exact) mass is 261 g/mol. The number of hydrogen-bond donors (Lipinski definition) is 1. The Morgan fingerprint density at radius 2 is 1.95 bits per heavy atom. The summed E-state index contributed by atoms with van der Waals surface area (Å²) in [4.78, 5) is 4.33. The van der Waals surface area contributed by atoms with Crippen LogP contribution in [-0.2, 0) is 24.0 Å². The smallest absolute Gasteiger partial charge is 0.226 e. The van der Waals surface area contributed by atoms with Crippen molar-refractivity contribution in [3.05, 3.63) is 41.5 Å². The number of aromatic nitrogens is 2. The molecule has 2 N–H and O–H groups in total. The average molecular weight is 261 g/mol. The quantitative estimate of drug-likeness (QED) is 0.609. The van der Waals surface area contributed by atoms with Crippen molar-refractivity contribution in [1.82, 2.24) is 10.1 Å². The summed E-state index contributed by atoms with van der Waals surface area (Å²) in [5, 5.41) is 3.93. The van der Waals surface area contributed by atoms with E-state index < -0.39 is 0 Å². The number of nitrogens with two attached hydrogens (primary N) is 1. The summed E-state index contributed by atoms with van der Waals surface area (Å²) in [6.07, 6.45) is 2.30. The summed E-state index contributed by atoms with van der Waals surface area (Å²) in [7, 11) is 0. The molecule has 1 heterocycles. The molecule has 1 aromatic heterocycles. The number of aryl methyl sites for hydroxylation is 2. The average Bonchev–Trinajstić information content (AvgIpc) is 2.86. The number of nitrogen functional groups attached to an aromatic ring is 1. The number of ether oxygens (including phenoxy) is 1. The SMILES string of the molecule is CCOCCc1noc(CCc2ccc(N)cc2)n1. The first-order valence-corrected chi connectivity index (χ1v) is 6.51. The van der Waals surface area contributed by atoms with Gasteiger partial charge in [-0.05, 0) is 31.0 Å². The predicted molar refractivity (Wildman–Crippen MR) is 72.8 cm³/mol. The van der Waals surface area contributed by atoms with Crippen molar-refractivity contribution in [2.45, 2.75) is 26.2 Å². The second-order valence-electron chi connectivity index (χ2n) is 4.29. The van der Waals surface area contributed by atoms with Gasteiger partial charge in [-0.15, -0.1) is 0 Å². The van der Waals surface area contributed by atoms with Crippen molar-refractivity contribution in [3.63, 3.8) is 0 Å². The van der Waals surface area contributed by atoms with Gasteiger partial charge in [0.15, 0.2) is 5.82 Å². The Hall–Kier alpha value is -1.88. The minimum atomic E-state index is 0.632. The van der Waals surface area contributed by atoms with E-state index in [1.165, 1.54) is 5.56 Å². The molecule has 0 unspecified atom stereocenters. The first-order chi connectivity index (χ1) is 9.28. The summed E-state index contributed by atoms with van der Waals surface area (Å²) in [5.41, 5.74) is 7.63. The zero-order chi connectivity index (χ0) is 13.5. The second kappa shape index (κ2) is 6.89. The Balaban J connectivity index is 1.81. The molecule has 2 rings (SSSR count). The molecule has 0 atom stereocenters. The Morgan fingerprint density at radius 1 is 1.16 bits per heavy atom. The van der Waals surface area contributed by atoms with Crippen LogP contribution in [0.4, 0.5) is 5.69 Å². The lowest BCUT2D eigenvalue weighted by molar-refractivity contribution is 0.149. The fourth-order valence-electron chi connectivity index (χ4n) is 1.74. The number of hydrogen-bond acceptors (Lipinski definition) is 5. The molecule has 0 radical (unpaired) electrons. The lowest BCUT2D eigenvalue weighted by Gasteiger charge is -1.98. The van der Waals surface area contributed by atoms with Gasteiger partial charge in [0, 0.05) is 25.1 Å². The first-order valence-electron chi connectivity index (χ1n) is 6.51. The summed E-state index contributed by atoms with van der Waals surface area (Å²) >= 11 is 0. The van der Waals surface area contributed by atoms with Gasteiger partial charge in [-0.2, -0.15) is 4.98 Å². The minimum Gasteiger partial charge on any atom is -0.399 e. The number of nitrogens with zero attached hydrogens (tertiary/aromatic N) is 2.